The van der Waals surface area contributed by atoms with Crippen molar-refractivity contribution in [3.8, 4) is 0 Å². The Balaban J connectivity index is 1.33. The lowest BCUT2D eigenvalue weighted by Crippen LogP contribution is -2.44. The van der Waals surface area contributed by atoms with Gasteiger partial charge in [-0.15, -0.1) is 0 Å². The fourth-order valence-corrected chi connectivity index (χ4v) is 6.92. The Hall–Kier alpha value is -2.79. The fourth-order valence-electron chi connectivity index (χ4n) is 6.92. The molecule has 1 aliphatic heterocycles. The molecule has 5 atom stereocenters. The predicted octanol–water partition coefficient (Wildman–Crippen LogP) is 4.49. The Morgan fingerprint density at radius 3 is 2.88 bits per heavy atom. The number of aromatic nitrogens is 1. The number of allylic oxidation sites excluding steroid dienone is 3. The maximum atomic E-state index is 13.5. The van der Waals surface area contributed by atoms with Gasteiger partial charge in [-0.1, -0.05) is 19.1 Å². The molecule has 4 aliphatic rings. The first kappa shape index (κ1) is 20.8. The summed E-state index contributed by atoms with van der Waals surface area (Å²) in [5.41, 5.74) is 2.92. The van der Waals surface area contributed by atoms with Crippen LogP contribution in [0.15, 0.2) is 59.6 Å². The summed E-state index contributed by atoms with van der Waals surface area (Å²) < 4.78 is 6.62. The summed E-state index contributed by atoms with van der Waals surface area (Å²) >= 11 is 0. The van der Waals surface area contributed by atoms with Gasteiger partial charge in [-0.05, 0) is 72.5 Å². The highest BCUT2D eigenvalue weighted by Gasteiger charge is 2.58. The lowest BCUT2D eigenvalue weighted by Gasteiger charge is -2.47. The minimum Gasteiger partial charge on any atom is -0.489 e. The van der Waals surface area contributed by atoms with Gasteiger partial charge in [0.05, 0.1) is 5.57 Å². The number of Topliss-reactive ketones (excluding diaryl/α,β-unsaturated/α-hetero) is 2. The number of carbonyl (C=O) groups excluding carboxylic acids is 2. The minimum absolute atomic E-state index is 0.0975. The molecule has 170 valence electrons. The molecule has 2 fully saturated rings. The first-order valence-corrected chi connectivity index (χ1v) is 12.1. The lowest BCUT2D eigenvalue weighted by molar-refractivity contribution is -0.120. The van der Waals surface area contributed by atoms with Crippen molar-refractivity contribution >= 4 is 22.3 Å². The Kier molecular flexibility index (Phi) is 4.80. The SMILES string of the molecule is CNCC1CC(=O)C2=C(C1)O[C@@H]1C(=C2)CC[C@]2(C)[C@@H](c3ccc4ccncc4c3)C(=O)C[C@@H]12. The van der Waals surface area contributed by atoms with Gasteiger partial charge in [0.25, 0.3) is 0 Å². The van der Waals surface area contributed by atoms with Gasteiger partial charge >= 0.3 is 0 Å². The Bertz CT molecular complexity index is 1230. The van der Waals surface area contributed by atoms with E-state index in [0.29, 0.717) is 18.6 Å². The zero-order chi connectivity index (χ0) is 22.7. The van der Waals surface area contributed by atoms with Gasteiger partial charge in [-0.25, -0.2) is 0 Å². The Labute approximate surface area is 194 Å². The number of hydrogen-bond acceptors (Lipinski definition) is 5. The van der Waals surface area contributed by atoms with Crippen LogP contribution in [0.25, 0.3) is 10.8 Å². The molecule has 1 N–H and O–H groups in total. The number of nitrogens with one attached hydrogen (secondary N) is 1. The van der Waals surface area contributed by atoms with Crippen molar-refractivity contribution in [3.63, 3.8) is 0 Å². The van der Waals surface area contributed by atoms with E-state index in [9.17, 15) is 9.59 Å². The number of nitrogens with zero attached hydrogens (tertiary/aromatic N) is 1. The van der Waals surface area contributed by atoms with Crippen LogP contribution in [-0.2, 0) is 14.3 Å². The van der Waals surface area contributed by atoms with Crippen LogP contribution < -0.4 is 5.32 Å². The molecule has 2 heterocycles. The molecular formula is C28H30N2O3. The van der Waals surface area contributed by atoms with Gasteiger partial charge < -0.3 is 10.1 Å². The van der Waals surface area contributed by atoms with Crippen molar-refractivity contribution in [1.29, 1.82) is 0 Å². The number of hydrogen-bond donors (Lipinski definition) is 1. The van der Waals surface area contributed by atoms with Gasteiger partial charge in [-0.3, -0.25) is 14.6 Å². The van der Waals surface area contributed by atoms with Crippen molar-refractivity contribution in [1.82, 2.24) is 10.3 Å². The largest absolute Gasteiger partial charge is 0.489 e. The van der Waals surface area contributed by atoms with Crippen LogP contribution >= 0.6 is 0 Å². The molecule has 33 heavy (non-hydrogen) atoms. The lowest BCUT2D eigenvalue weighted by atomic mass is 9.61. The smallest absolute Gasteiger partial charge is 0.166 e. The Morgan fingerprint density at radius 2 is 2.03 bits per heavy atom. The van der Waals surface area contributed by atoms with Gasteiger partial charge in [0, 0.05) is 48.9 Å². The molecule has 0 saturated heterocycles. The van der Waals surface area contributed by atoms with Crippen molar-refractivity contribution in [2.45, 2.75) is 51.0 Å². The molecule has 6 rings (SSSR count). The normalized spacial score (nSPS) is 33.3. The molecule has 3 aliphatic carbocycles. The molecule has 1 aromatic heterocycles. The number of pyridine rings is 1. The molecule has 5 nitrogen and oxygen atoms in total. The van der Waals surface area contributed by atoms with E-state index < -0.39 is 0 Å². The van der Waals surface area contributed by atoms with Crippen molar-refractivity contribution in [2.75, 3.05) is 13.6 Å². The zero-order valence-electron chi connectivity index (χ0n) is 19.3. The maximum Gasteiger partial charge on any atom is 0.166 e. The van der Waals surface area contributed by atoms with E-state index >= 15 is 0 Å². The van der Waals surface area contributed by atoms with Gasteiger partial charge in [0.1, 0.15) is 17.6 Å². The zero-order valence-corrected chi connectivity index (χ0v) is 19.3. The molecule has 5 heteroatoms. The van der Waals surface area contributed by atoms with Crippen molar-refractivity contribution in [2.24, 2.45) is 17.3 Å². The number of ether oxygens (including phenoxy) is 1. The third-order valence-electron chi connectivity index (χ3n) is 8.57. The van der Waals surface area contributed by atoms with Crippen molar-refractivity contribution < 1.29 is 14.3 Å². The van der Waals surface area contributed by atoms with Crippen molar-refractivity contribution in [3.05, 3.63) is 65.2 Å². The van der Waals surface area contributed by atoms with E-state index in [2.05, 4.69) is 41.5 Å². The second-order valence-corrected chi connectivity index (χ2v) is 10.5. The first-order chi connectivity index (χ1) is 16.0. The molecule has 0 spiro atoms. The molecule has 2 saturated carbocycles. The van der Waals surface area contributed by atoms with E-state index in [1.165, 1.54) is 5.57 Å². The molecule has 0 bridgehead atoms. The van der Waals surface area contributed by atoms with Crippen LogP contribution in [0.5, 0.6) is 0 Å². The molecule has 1 unspecified atom stereocenters. The maximum absolute atomic E-state index is 13.5. The minimum atomic E-state index is -0.157. The van der Waals surface area contributed by atoms with Crippen LogP contribution in [0, 0.1) is 17.3 Å². The van der Waals surface area contributed by atoms with Crippen LogP contribution in [0.3, 0.4) is 0 Å². The molecular weight excluding hydrogens is 412 g/mol. The van der Waals surface area contributed by atoms with E-state index in [1.54, 1.807) is 6.20 Å². The van der Waals surface area contributed by atoms with Crippen LogP contribution in [0.4, 0.5) is 0 Å². The number of ketones is 2. The number of fused-ring (bicyclic) bond motifs is 4. The second kappa shape index (κ2) is 7.63. The molecule has 2 aromatic rings. The highest BCUT2D eigenvalue weighted by molar-refractivity contribution is 6.00. The number of rotatable bonds is 3. The summed E-state index contributed by atoms with van der Waals surface area (Å²) in [6.45, 7) is 3.09. The first-order valence-electron chi connectivity index (χ1n) is 12.1. The average Bonchev–Trinajstić information content (AvgIpc) is 3.08. The summed E-state index contributed by atoms with van der Waals surface area (Å²) in [5.74, 6) is 1.63. The van der Waals surface area contributed by atoms with Gasteiger partial charge in [-0.2, -0.15) is 0 Å². The summed E-state index contributed by atoms with van der Waals surface area (Å²) in [6.07, 6.45) is 9.40. The average molecular weight is 443 g/mol. The predicted molar refractivity (Wildman–Crippen MR) is 127 cm³/mol. The van der Waals surface area contributed by atoms with E-state index in [4.69, 9.17) is 4.74 Å². The highest BCUT2D eigenvalue weighted by Crippen LogP contribution is 2.60. The summed E-state index contributed by atoms with van der Waals surface area (Å²) in [5, 5.41) is 5.42. The quantitative estimate of drug-likeness (QED) is 0.759. The number of benzene rings is 1. The third kappa shape index (κ3) is 3.20. The summed E-state index contributed by atoms with van der Waals surface area (Å²) in [7, 11) is 1.92. The monoisotopic (exact) mass is 442 g/mol. The number of carbonyl (C=O) groups is 2. The van der Waals surface area contributed by atoms with E-state index in [0.717, 1.165) is 53.5 Å². The van der Waals surface area contributed by atoms with Gasteiger partial charge in [0.2, 0.25) is 0 Å². The molecule has 0 radical (unpaired) electrons. The summed E-state index contributed by atoms with van der Waals surface area (Å²) in [6, 6.07) is 8.38. The topological polar surface area (TPSA) is 68.3 Å². The molecule has 0 amide bonds. The van der Waals surface area contributed by atoms with Gasteiger partial charge in [0.15, 0.2) is 5.78 Å². The van der Waals surface area contributed by atoms with E-state index in [-0.39, 0.29) is 35.1 Å². The Morgan fingerprint density at radius 1 is 1.15 bits per heavy atom. The standard InChI is InChI=1S/C28H30N2O3/c1-28-7-5-19-12-21-23(31)9-16(14-29-2)10-25(21)33-27(19)22(28)13-24(32)26(28)18-4-3-17-6-8-30-15-20(17)11-18/h3-4,6,8,11-12,15-16,22,26-27,29H,5,7,9-10,13-14H2,1-2H3/t16?,22-,26-,27+,28-/m0/s1. The van der Waals surface area contributed by atoms with Crippen LogP contribution in [0.1, 0.15) is 50.5 Å². The second-order valence-electron chi connectivity index (χ2n) is 10.5. The fraction of sp³-hybridized carbons (Fsp3) is 0.464. The highest BCUT2D eigenvalue weighted by atomic mass is 16.5. The van der Waals surface area contributed by atoms with E-state index in [1.807, 2.05) is 19.3 Å². The molecule has 1 aromatic carbocycles. The third-order valence-corrected chi connectivity index (χ3v) is 8.57. The van der Waals surface area contributed by atoms with Crippen LogP contribution in [0.2, 0.25) is 0 Å². The van der Waals surface area contributed by atoms with Crippen LogP contribution in [-0.4, -0.2) is 36.2 Å². The summed E-state index contributed by atoms with van der Waals surface area (Å²) in [4.78, 5) is 30.5.